The van der Waals surface area contributed by atoms with Crippen molar-refractivity contribution in [2.45, 2.75) is 109 Å². The molecule has 0 aliphatic carbocycles. The number of nitrogens with two attached hydrogens (primary N) is 1. The van der Waals surface area contributed by atoms with Gasteiger partial charge in [0.2, 0.25) is 5.88 Å². The summed E-state index contributed by atoms with van der Waals surface area (Å²) in [5.74, 6) is -0.608. The van der Waals surface area contributed by atoms with Crippen molar-refractivity contribution in [3.05, 3.63) is 26.8 Å². The zero-order valence-corrected chi connectivity index (χ0v) is 31.7. The molecule has 2 aromatic heterocycles. The minimum atomic E-state index is -0.701. The Kier molecular flexibility index (Phi) is 8.84. The molecule has 274 valence electrons. The number of ether oxygens (including phenoxy) is 4. The minimum absolute atomic E-state index is 0.00261. The molecule has 12 nitrogen and oxygen atoms in total. The highest BCUT2D eigenvalue weighted by atomic mass is 127. The molecule has 1 aromatic carbocycles. The van der Waals surface area contributed by atoms with E-state index in [4.69, 9.17) is 39.6 Å². The molecule has 15 heteroatoms. The maximum Gasteiger partial charge on any atom is 0.410 e. The van der Waals surface area contributed by atoms with E-state index >= 15 is 8.78 Å². The van der Waals surface area contributed by atoms with Crippen LogP contribution in [0.15, 0.2) is 6.07 Å². The van der Waals surface area contributed by atoms with Gasteiger partial charge in [0.1, 0.15) is 46.5 Å². The summed E-state index contributed by atoms with van der Waals surface area (Å²) < 4.78 is 57.2. The van der Waals surface area contributed by atoms with Crippen LogP contribution in [0.5, 0.6) is 11.9 Å². The molecule has 1 amide bonds. The molecule has 0 saturated carbocycles. The molecule has 2 N–H and O–H groups in total. The lowest BCUT2D eigenvalue weighted by atomic mass is 9.98. The lowest BCUT2D eigenvalue weighted by molar-refractivity contribution is -0.0101. The molecular weight excluding hydrogens is 775 g/mol. The summed E-state index contributed by atoms with van der Waals surface area (Å²) in [6, 6.07) is 1.25. The van der Waals surface area contributed by atoms with Gasteiger partial charge in [-0.15, -0.1) is 0 Å². The van der Waals surface area contributed by atoms with Gasteiger partial charge in [0.15, 0.2) is 5.82 Å². The van der Waals surface area contributed by atoms with Crippen molar-refractivity contribution in [1.29, 1.82) is 0 Å². The summed E-state index contributed by atoms with van der Waals surface area (Å²) in [4.78, 5) is 34.4. The molecule has 4 fully saturated rings. The Morgan fingerprint density at radius 2 is 1.90 bits per heavy atom. The lowest BCUT2D eigenvalue weighted by Crippen LogP contribution is -2.65. The smallest absolute Gasteiger partial charge is 0.410 e. The molecule has 6 atom stereocenters. The van der Waals surface area contributed by atoms with Crippen molar-refractivity contribution in [3.63, 3.8) is 0 Å². The van der Waals surface area contributed by atoms with E-state index in [9.17, 15) is 4.79 Å². The first-order chi connectivity index (χ1) is 24.3. The Labute approximate surface area is 309 Å². The Balaban J connectivity index is 1.25. The SMILES string of the molecule is CCc1c(F)c(N)cc(-c2nc3c4c(nc(OC[C@@H]5CC[C@H]6COCCN65)nc4c2F)N2C[C@H]4CC[C@@H]([C@H]2[C@H](C)O3)N4C(=O)OC(C)(C)C)c1I. The van der Waals surface area contributed by atoms with E-state index in [-0.39, 0.29) is 59.0 Å². The van der Waals surface area contributed by atoms with E-state index in [2.05, 4.69) is 9.80 Å². The number of nitrogen functional groups attached to an aromatic ring is 1. The number of halogens is 3. The zero-order valence-electron chi connectivity index (χ0n) is 29.5. The van der Waals surface area contributed by atoms with E-state index in [0.717, 1.165) is 32.2 Å². The van der Waals surface area contributed by atoms with E-state index < -0.39 is 23.3 Å². The van der Waals surface area contributed by atoms with E-state index in [0.29, 0.717) is 64.7 Å². The molecule has 7 heterocycles. The maximum absolute atomic E-state index is 17.1. The van der Waals surface area contributed by atoms with Crippen molar-refractivity contribution in [2.24, 2.45) is 0 Å². The Morgan fingerprint density at radius 3 is 2.67 bits per heavy atom. The third-order valence-corrected chi connectivity index (χ3v) is 12.2. The molecule has 0 spiro atoms. The summed E-state index contributed by atoms with van der Waals surface area (Å²) in [5.41, 5.74) is 6.05. The van der Waals surface area contributed by atoms with Crippen molar-refractivity contribution in [1.82, 2.24) is 24.8 Å². The van der Waals surface area contributed by atoms with E-state index in [1.54, 1.807) is 0 Å². The number of benzene rings is 1. The average Bonchev–Trinajstić information content (AvgIpc) is 3.61. The van der Waals surface area contributed by atoms with E-state index in [1.807, 2.05) is 62.1 Å². The standard InChI is InChI=1S/C36H44F2IN7O5/c1-6-21-26(37)23(40)13-22(28(21)39)29-27(38)30-25-32(43-34(42-30)49-16-20-8-7-19-15-48-12-11-44(19)20)45-14-18-9-10-24(31(45)17(2)50-33(25)41-29)46(18)35(47)51-36(3,4)5/h13,17-20,24,31H,6-12,14-16,40H2,1-5H3/t17-,18+,19-,20-,24-,31+/m0/s1. The minimum Gasteiger partial charge on any atom is -0.472 e. The number of aromatic nitrogens is 3. The zero-order chi connectivity index (χ0) is 35.9. The maximum atomic E-state index is 17.1. The van der Waals surface area contributed by atoms with Crippen LogP contribution in [-0.2, 0) is 15.9 Å². The Bertz CT molecular complexity index is 1900. The van der Waals surface area contributed by atoms with Crippen molar-refractivity contribution in [2.75, 3.05) is 43.5 Å². The molecule has 8 rings (SSSR count). The predicted molar refractivity (Wildman–Crippen MR) is 195 cm³/mol. The van der Waals surface area contributed by atoms with Gasteiger partial charge in [-0.25, -0.2) is 18.6 Å². The second kappa shape index (κ2) is 13.0. The Hall–Kier alpha value is -3.31. The van der Waals surface area contributed by atoms with Crippen LogP contribution >= 0.6 is 22.6 Å². The summed E-state index contributed by atoms with van der Waals surface area (Å²) in [7, 11) is 0. The molecule has 2 bridgehead atoms. The van der Waals surface area contributed by atoms with Gasteiger partial charge in [0, 0.05) is 39.9 Å². The molecule has 5 aliphatic rings. The van der Waals surface area contributed by atoms with Crippen LogP contribution in [0.3, 0.4) is 0 Å². The van der Waals surface area contributed by atoms with Crippen molar-refractivity contribution < 1.29 is 32.5 Å². The van der Waals surface area contributed by atoms with Crippen LogP contribution < -0.4 is 20.1 Å². The first-order valence-corrected chi connectivity index (χ1v) is 19.0. The number of rotatable bonds is 5. The second-order valence-electron chi connectivity index (χ2n) is 15.3. The van der Waals surface area contributed by atoms with Gasteiger partial charge < -0.3 is 29.6 Å². The number of morpholine rings is 1. The van der Waals surface area contributed by atoms with Crippen LogP contribution in [0, 0.1) is 15.2 Å². The number of anilines is 2. The highest BCUT2D eigenvalue weighted by Crippen LogP contribution is 2.47. The molecule has 3 aromatic rings. The number of fused-ring (bicyclic) bond motifs is 6. The first-order valence-electron chi connectivity index (χ1n) is 17.9. The van der Waals surface area contributed by atoms with Gasteiger partial charge in [0.05, 0.1) is 37.0 Å². The number of hydrogen-bond acceptors (Lipinski definition) is 11. The molecule has 51 heavy (non-hydrogen) atoms. The summed E-state index contributed by atoms with van der Waals surface area (Å²) >= 11 is 2.02. The fourth-order valence-electron chi connectivity index (χ4n) is 8.76. The van der Waals surface area contributed by atoms with Gasteiger partial charge in [0.25, 0.3) is 0 Å². The number of piperazine rings is 1. The van der Waals surface area contributed by atoms with Crippen molar-refractivity contribution >= 4 is 51.1 Å². The fourth-order valence-corrected chi connectivity index (χ4v) is 9.79. The van der Waals surface area contributed by atoms with Gasteiger partial charge in [-0.3, -0.25) is 9.80 Å². The predicted octanol–water partition coefficient (Wildman–Crippen LogP) is 5.70. The summed E-state index contributed by atoms with van der Waals surface area (Å²) in [6.07, 6.45) is 3.01. The number of carbonyl (C=O) groups is 1. The first kappa shape index (κ1) is 34.8. The van der Waals surface area contributed by atoms with Gasteiger partial charge in [-0.05, 0) is 88.5 Å². The Morgan fingerprint density at radius 1 is 1.12 bits per heavy atom. The van der Waals surface area contributed by atoms with Crippen molar-refractivity contribution in [3.8, 4) is 23.1 Å². The van der Waals surface area contributed by atoms with Gasteiger partial charge in [-0.2, -0.15) is 9.97 Å². The number of hydrogen-bond donors (Lipinski definition) is 1. The lowest BCUT2D eigenvalue weighted by Gasteiger charge is -2.48. The van der Waals surface area contributed by atoms with Gasteiger partial charge in [-0.1, -0.05) is 6.92 Å². The highest BCUT2D eigenvalue weighted by molar-refractivity contribution is 14.1. The fraction of sp³-hybridized carbons (Fsp3) is 0.611. The molecule has 4 saturated heterocycles. The second-order valence-corrected chi connectivity index (χ2v) is 16.3. The quantitative estimate of drug-likeness (QED) is 0.252. The average molecular weight is 820 g/mol. The monoisotopic (exact) mass is 819 g/mol. The van der Waals surface area contributed by atoms with Gasteiger partial charge >= 0.3 is 12.1 Å². The molecule has 0 unspecified atom stereocenters. The third kappa shape index (κ3) is 5.90. The van der Waals surface area contributed by atoms with E-state index in [1.165, 1.54) is 6.07 Å². The van der Waals surface area contributed by atoms with Crippen LogP contribution in [0.1, 0.15) is 65.9 Å². The number of amides is 1. The molecule has 5 aliphatic heterocycles. The van der Waals surface area contributed by atoms with Crippen LogP contribution in [-0.4, -0.2) is 106 Å². The summed E-state index contributed by atoms with van der Waals surface area (Å²) in [6.45, 7) is 12.3. The third-order valence-electron chi connectivity index (χ3n) is 11.0. The number of nitrogens with zero attached hydrogens (tertiary/aromatic N) is 6. The highest BCUT2D eigenvalue weighted by Gasteiger charge is 2.54. The normalized spacial score (nSPS) is 27.2. The van der Waals surface area contributed by atoms with Crippen LogP contribution in [0.4, 0.5) is 25.1 Å². The van der Waals surface area contributed by atoms with Crippen LogP contribution in [0.2, 0.25) is 0 Å². The summed E-state index contributed by atoms with van der Waals surface area (Å²) in [5, 5.41) is 0.331. The number of pyridine rings is 1. The van der Waals surface area contributed by atoms with Crippen LogP contribution in [0.25, 0.3) is 22.2 Å². The molecule has 0 radical (unpaired) electrons. The topological polar surface area (TPSA) is 128 Å². The largest absolute Gasteiger partial charge is 0.472 e. The molecular formula is C36H44F2IN7O5. The number of carbonyl (C=O) groups excluding carboxylic acids is 1.